The van der Waals surface area contributed by atoms with Gasteiger partial charge in [0.2, 0.25) is 0 Å². The van der Waals surface area contributed by atoms with Gasteiger partial charge in [0.1, 0.15) is 0 Å². The molecule has 1 heterocycles. The molecule has 40 heavy (non-hydrogen) atoms. The van der Waals surface area contributed by atoms with Crippen LogP contribution < -0.4 is 0 Å². The van der Waals surface area contributed by atoms with E-state index in [0.29, 0.717) is 5.69 Å². The summed E-state index contributed by atoms with van der Waals surface area (Å²) >= 11 is 1.84. The first-order valence-electron chi connectivity index (χ1n) is 13.4. The summed E-state index contributed by atoms with van der Waals surface area (Å²) in [7, 11) is 0. The molecular formula is C38H25NS. The number of rotatable bonds is 4. The van der Waals surface area contributed by atoms with E-state index in [1.54, 1.807) is 0 Å². The van der Waals surface area contributed by atoms with Crippen LogP contribution in [0.3, 0.4) is 0 Å². The summed E-state index contributed by atoms with van der Waals surface area (Å²) in [5, 5.41) is 2.63. The molecule has 188 valence electrons. The summed E-state index contributed by atoms with van der Waals surface area (Å²) in [6, 6.07) is 47.4. The van der Waals surface area contributed by atoms with Crippen LogP contribution in [0, 0.1) is 13.5 Å². The van der Waals surface area contributed by atoms with Crippen LogP contribution in [0.2, 0.25) is 0 Å². The smallest absolute Gasteiger partial charge is 0.188 e. The fraction of sp³-hybridized carbons (Fsp3) is 0.0263. The summed E-state index contributed by atoms with van der Waals surface area (Å²) < 4.78 is 2.62. The average Bonchev–Trinajstić information content (AvgIpc) is 3.39. The van der Waals surface area contributed by atoms with E-state index in [9.17, 15) is 0 Å². The molecule has 2 heteroatoms. The van der Waals surface area contributed by atoms with Gasteiger partial charge in [0.05, 0.1) is 6.57 Å². The molecule has 6 aromatic carbocycles. The van der Waals surface area contributed by atoms with Gasteiger partial charge in [-0.3, -0.25) is 0 Å². The molecule has 7 rings (SSSR count). The molecule has 0 spiro atoms. The van der Waals surface area contributed by atoms with Gasteiger partial charge in [-0.25, -0.2) is 4.85 Å². The van der Waals surface area contributed by atoms with Gasteiger partial charge in [-0.05, 0) is 87.8 Å². The van der Waals surface area contributed by atoms with E-state index in [1.807, 2.05) is 23.5 Å². The van der Waals surface area contributed by atoms with E-state index < -0.39 is 0 Å². The zero-order valence-electron chi connectivity index (χ0n) is 22.1. The lowest BCUT2D eigenvalue weighted by Crippen LogP contribution is -1.85. The largest absolute Gasteiger partial charge is 0.238 e. The Balaban J connectivity index is 1.25. The Hall–Kier alpha value is -4.97. The van der Waals surface area contributed by atoms with Crippen molar-refractivity contribution in [3.8, 4) is 44.5 Å². The lowest BCUT2D eigenvalue weighted by Gasteiger charge is -2.11. The van der Waals surface area contributed by atoms with Crippen molar-refractivity contribution in [1.29, 1.82) is 0 Å². The SMILES string of the molecule is [C-]#[N+]c1cc(-c2ccc(-c3cccc(C)c3)cc2)cc(-c2cccc(-c3ccc4c(c3)sc3ccccc34)c2)c1. The summed E-state index contributed by atoms with van der Waals surface area (Å²) in [4.78, 5) is 3.80. The standard InChI is InChI=1S/C38H25NS/c1-25-7-5-8-28(19-25)26-13-15-27(16-14-26)32-21-33(23-34(22-32)39-2)30-10-6-9-29(20-30)31-17-18-36-35-11-3-4-12-37(35)40-38(36)24-31/h3-24H,1H3. The van der Waals surface area contributed by atoms with Crippen LogP contribution >= 0.6 is 11.3 Å². The highest BCUT2D eigenvalue weighted by molar-refractivity contribution is 7.25. The molecule has 7 aromatic rings. The third-order valence-electron chi connectivity index (χ3n) is 7.52. The minimum Gasteiger partial charge on any atom is -0.238 e. The van der Waals surface area contributed by atoms with Crippen molar-refractivity contribution >= 4 is 37.2 Å². The number of hydrogen-bond acceptors (Lipinski definition) is 1. The number of nitrogens with zero attached hydrogens (tertiary/aromatic N) is 1. The van der Waals surface area contributed by atoms with Gasteiger partial charge in [0.15, 0.2) is 5.69 Å². The van der Waals surface area contributed by atoms with Crippen LogP contribution in [-0.2, 0) is 0 Å². The van der Waals surface area contributed by atoms with Crippen molar-refractivity contribution in [3.05, 3.63) is 150 Å². The molecular weight excluding hydrogens is 502 g/mol. The van der Waals surface area contributed by atoms with Crippen LogP contribution in [0.4, 0.5) is 5.69 Å². The summed E-state index contributed by atoms with van der Waals surface area (Å²) in [5.41, 5.74) is 11.0. The molecule has 0 N–H and O–H groups in total. The molecule has 0 fully saturated rings. The van der Waals surface area contributed by atoms with Crippen molar-refractivity contribution in [1.82, 2.24) is 0 Å². The maximum Gasteiger partial charge on any atom is 0.188 e. The van der Waals surface area contributed by atoms with E-state index in [1.165, 1.54) is 48.0 Å². The van der Waals surface area contributed by atoms with Gasteiger partial charge >= 0.3 is 0 Å². The first-order chi connectivity index (χ1) is 19.6. The van der Waals surface area contributed by atoms with E-state index in [0.717, 1.165) is 22.3 Å². The van der Waals surface area contributed by atoms with E-state index in [-0.39, 0.29) is 0 Å². The highest BCUT2D eigenvalue weighted by Gasteiger charge is 2.10. The topological polar surface area (TPSA) is 4.36 Å². The zero-order chi connectivity index (χ0) is 27.1. The van der Waals surface area contributed by atoms with Crippen LogP contribution in [0.5, 0.6) is 0 Å². The Morgan fingerprint density at radius 1 is 0.450 bits per heavy atom. The molecule has 0 saturated heterocycles. The van der Waals surface area contributed by atoms with Crippen LogP contribution in [0.1, 0.15) is 5.56 Å². The third kappa shape index (κ3) is 4.47. The number of fused-ring (bicyclic) bond motifs is 3. The fourth-order valence-corrected chi connectivity index (χ4v) is 6.62. The van der Waals surface area contributed by atoms with Crippen molar-refractivity contribution in [3.63, 3.8) is 0 Å². The predicted molar refractivity (Wildman–Crippen MR) is 172 cm³/mol. The molecule has 0 unspecified atom stereocenters. The average molecular weight is 528 g/mol. The molecule has 0 aliphatic heterocycles. The van der Waals surface area contributed by atoms with Gasteiger partial charge in [-0.15, -0.1) is 11.3 Å². The van der Waals surface area contributed by atoms with Gasteiger partial charge < -0.3 is 0 Å². The molecule has 0 aliphatic rings. The molecule has 0 amide bonds. The normalized spacial score (nSPS) is 11.1. The van der Waals surface area contributed by atoms with E-state index in [2.05, 4.69) is 133 Å². The Morgan fingerprint density at radius 2 is 1.00 bits per heavy atom. The monoisotopic (exact) mass is 527 g/mol. The maximum atomic E-state index is 7.75. The van der Waals surface area contributed by atoms with Crippen molar-refractivity contribution < 1.29 is 0 Å². The van der Waals surface area contributed by atoms with Gasteiger partial charge in [0.25, 0.3) is 0 Å². The lowest BCUT2D eigenvalue weighted by molar-refractivity contribution is 1.47. The minimum atomic E-state index is 0.646. The molecule has 1 nitrogen and oxygen atoms in total. The second-order valence-electron chi connectivity index (χ2n) is 10.2. The number of benzene rings is 6. The number of aryl methyl sites for hydroxylation is 1. The van der Waals surface area contributed by atoms with Crippen molar-refractivity contribution in [2.75, 3.05) is 0 Å². The van der Waals surface area contributed by atoms with Crippen LogP contribution in [0.15, 0.2) is 133 Å². The maximum absolute atomic E-state index is 7.75. The molecule has 0 bridgehead atoms. The van der Waals surface area contributed by atoms with E-state index in [4.69, 9.17) is 6.57 Å². The van der Waals surface area contributed by atoms with Gasteiger partial charge in [-0.2, -0.15) is 0 Å². The molecule has 0 saturated carbocycles. The van der Waals surface area contributed by atoms with Gasteiger partial charge in [0, 0.05) is 20.2 Å². The highest BCUT2D eigenvalue weighted by atomic mass is 32.1. The van der Waals surface area contributed by atoms with Crippen LogP contribution in [0.25, 0.3) is 69.5 Å². The molecule has 1 aromatic heterocycles. The van der Waals surface area contributed by atoms with Crippen molar-refractivity contribution in [2.45, 2.75) is 6.92 Å². The fourth-order valence-electron chi connectivity index (χ4n) is 5.47. The molecule has 0 radical (unpaired) electrons. The highest BCUT2D eigenvalue weighted by Crippen LogP contribution is 2.38. The summed E-state index contributed by atoms with van der Waals surface area (Å²) in [5.74, 6) is 0. The Bertz CT molecular complexity index is 2070. The molecule has 0 aliphatic carbocycles. The summed E-state index contributed by atoms with van der Waals surface area (Å²) in [6.45, 7) is 9.87. The van der Waals surface area contributed by atoms with Crippen molar-refractivity contribution in [2.24, 2.45) is 0 Å². The minimum absolute atomic E-state index is 0.646. The predicted octanol–water partition coefficient (Wildman–Crippen LogP) is 11.6. The summed E-state index contributed by atoms with van der Waals surface area (Å²) in [6.07, 6.45) is 0. The first kappa shape index (κ1) is 24.1. The Morgan fingerprint density at radius 3 is 1.75 bits per heavy atom. The third-order valence-corrected chi connectivity index (χ3v) is 8.66. The lowest BCUT2D eigenvalue weighted by atomic mass is 9.94. The molecule has 0 atom stereocenters. The van der Waals surface area contributed by atoms with E-state index >= 15 is 0 Å². The zero-order valence-corrected chi connectivity index (χ0v) is 22.9. The number of thiophene rings is 1. The number of hydrogen-bond donors (Lipinski definition) is 0. The second kappa shape index (κ2) is 9.97. The first-order valence-corrected chi connectivity index (χ1v) is 14.2. The van der Waals surface area contributed by atoms with Crippen LogP contribution in [-0.4, -0.2) is 0 Å². The second-order valence-corrected chi connectivity index (χ2v) is 11.3. The quantitative estimate of drug-likeness (QED) is 0.201. The van der Waals surface area contributed by atoms with Gasteiger partial charge in [-0.1, -0.05) is 103 Å². The Kier molecular flexibility index (Phi) is 6.00. The Labute approximate surface area is 238 Å².